The van der Waals surface area contributed by atoms with Crippen molar-refractivity contribution in [3.63, 3.8) is 0 Å². The summed E-state index contributed by atoms with van der Waals surface area (Å²) >= 11 is 1.12. The van der Waals surface area contributed by atoms with Crippen LogP contribution in [0.2, 0.25) is 0 Å². The number of ether oxygens (including phenoxy) is 1. The number of hydrogen-bond donors (Lipinski definition) is 0. The first kappa shape index (κ1) is 19.8. The number of carbonyl (C=O) groups excluding carboxylic acids is 2. The molecule has 9 heteroatoms. The molecule has 1 saturated heterocycles. The lowest BCUT2D eigenvalue weighted by Gasteiger charge is -2.26. The van der Waals surface area contributed by atoms with Gasteiger partial charge in [-0.1, -0.05) is 6.07 Å². The molecule has 0 spiro atoms. The standard InChI is InChI=1S/C18H20FNO5S2/c1-3-20(12-7-8-27(23,24)10-12)15(21)9-25-18(22)17-11(2)16-13(19)5-4-6-14(16)26-17/h4-6,12H,3,7-10H2,1-2H3/t12-/m0/s1. The van der Waals surface area contributed by atoms with Crippen LogP contribution in [0.5, 0.6) is 0 Å². The maximum absolute atomic E-state index is 14.0. The summed E-state index contributed by atoms with van der Waals surface area (Å²) in [5.74, 6) is -1.52. The van der Waals surface area contributed by atoms with Crippen molar-refractivity contribution in [3.8, 4) is 0 Å². The molecule has 1 aromatic heterocycles. The number of nitrogens with zero attached hydrogens (tertiary/aromatic N) is 1. The van der Waals surface area contributed by atoms with E-state index in [1.54, 1.807) is 26.0 Å². The Labute approximate surface area is 160 Å². The van der Waals surface area contributed by atoms with Crippen molar-refractivity contribution in [2.24, 2.45) is 0 Å². The molecule has 27 heavy (non-hydrogen) atoms. The molecular formula is C18H20FNO5S2. The highest BCUT2D eigenvalue weighted by Crippen LogP contribution is 2.33. The maximum Gasteiger partial charge on any atom is 0.349 e. The third-order valence-electron chi connectivity index (χ3n) is 4.73. The van der Waals surface area contributed by atoms with Crippen LogP contribution in [0.3, 0.4) is 0 Å². The smallest absolute Gasteiger partial charge is 0.349 e. The van der Waals surface area contributed by atoms with Crippen LogP contribution in [0.4, 0.5) is 4.39 Å². The number of likely N-dealkylation sites (N-methyl/N-ethyl adjacent to an activating group) is 1. The number of rotatable bonds is 5. The Morgan fingerprint density at radius 1 is 1.37 bits per heavy atom. The highest BCUT2D eigenvalue weighted by atomic mass is 32.2. The largest absolute Gasteiger partial charge is 0.451 e. The van der Waals surface area contributed by atoms with Crippen LogP contribution < -0.4 is 0 Å². The van der Waals surface area contributed by atoms with Crippen LogP contribution in [0, 0.1) is 12.7 Å². The Morgan fingerprint density at radius 3 is 2.70 bits per heavy atom. The molecule has 0 aliphatic carbocycles. The van der Waals surface area contributed by atoms with Crippen molar-refractivity contribution in [1.82, 2.24) is 4.90 Å². The summed E-state index contributed by atoms with van der Waals surface area (Å²) in [5, 5.41) is 0.382. The van der Waals surface area contributed by atoms with Gasteiger partial charge in [-0.05, 0) is 38.0 Å². The van der Waals surface area contributed by atoms with Gasteiger partial charge in [-0.25, -0.2) is 17.6 Å². The molecule has 1 aromatic carbocycles. The monoisotopic (exact) mass is 413 g/mol. The van der Waals surface area contributed by atoms with Gasteiger partial charge in [-0.2, -0.15) is 0 Å². The molecule has 146 valence electrons. The molecule has 2 heterocycles. The summed E-state index contributed by atoms with van der Waals surface area (Å²) in [5.41, 5.74) is 0.486. The second-order valence-electron chi connectivity index (χ2n) is 6.48. The zero-order valence-corrected chi connectivity index (χ0v) is 16.7. The summed E-state index contributed by atoms with van der Waals surface area (Å²) in [6.07, 6.45) is 0.393. The highest BCUT2D eigenvalue weighted by molar-refractivity contribution is 7.91. The van der Waals surface area contributed by atoms with Gasteiger partial charge in [0.05, 0.1) is 11.5 Å². The van der Waals surface area contributed by atoms with Crippen LogP contribution in [0.1, 0.15) is 28.6 Å². The third kappa shape index (κ3) is 3.98. The lowest BCUT2D eigenvalue weighted by Crippen LogP contribution is -2.43. The molecule has 2 aromatic rings. The Kier molecular flexibility index (Phi) is 5.53. The van der Waals surface area contributed by atoms with Crippen LogP contribution >= 0.6 is 11.3 Å². The van der Waals surface area contributed by atoms with Gasteiger partial charge in [-0.15, -0.1) is 11.3 Å². The second kappa shape index (κ2) is 7.55. The van der Waals surface area contributed by atoms with Gasteiger partial charge in [0.2, 0.25) is 0 Å². The SMILES string of the molecule is CCN(C(=O)COC(=O)c1sc2cccc(F)c2c1C)[C@H]1CCS(=O)(=O)C1. The zero-order chi connectivity index (χ0) is 19.8. The minimum atomic E-state index is -3.12. The summed E-state index contributed by atoms with van der Waals surface area (Å²) in [7, 11) is -3.12. The predicted octanol–water partition coefficient (Wildman–Crippen LogP) is 2.54. The van der Waals surface area contributed by atoms with Crippen LogP contribution in [0.15, 0.2) is 18.2 Å². The van der Waals surface area contributed by atoms with Crippen LogP contribution in [0.25, 0.3) is 10.1 Å². The van der Waals surface area contributed by atoms with Crippen molar-refractivity contribution in [2.45, 2.75) is 26.3 Å². The Hall–Kier alpha value is -2.00. The van der Waals surface area contributed by atoms with Gasteiger partial charge in [0.25, 0.3) is 5.91 Å². The molecule has 1 aliphatic rings. The first-order chi connectivity index (χ1) is 12.7. The van der Waals surface area contributed by atoms with Crippen molar-refractivity contribution in [1.29, 1.82) is 0 Å². The van der Waals surface area contributed by atoms with Crippen molar-refractivity contribution >= 4 is 43.1 Å². The van der Waals surface area contributed by atoms with E-state index in [0.717, 1.165) is 11.3 Å². The molecule has 1 amide bonds. The normalized spacial score (nSPS) is 18.6. The first-order valence-electron chi connectivity index (χ1n) is 8.58. The van der Waals surface area contributed by atoms with Gasteiger partial charge < -0.3 is 9.64 Å². The molecule has 3 rings (SSSR count). The average molecular weight is 413 g/mol. The molecule has 1 fully saturated rings. The summed E-state index contributed by atoms with van der Waals surface area (Å²) in [6, 6.07) is 4.24. The van der Waals surface area contributed by atoms with E-state index in [0.29, 0.717) is 28.6 Å². The molecule has 1 aliphatic heterocycles. The van der Waals surface area contributed by atoms with E-state index in [1.165, 1.54) is 11.0 Å². The van der Waals surface area contributed by atoms with E-state index < -0.39 is 34.1 Å². The zero-order valence-electron chi connectivity index (χ0n) is 15.0. The van der Waals surface area contributed by atoms with E-state index in [4.69, 9.17) is 4.74 Å². The number of carbonyl (C=O) groups is 2. The number of fused-ring (bicyclic) bond motifs is 1. The molecule has 0 radical (unpaired) electrons. The molecule has 0 unspecified atom stereocenters. The second-order valence-corrected chi connectivity index (χ2v) is 9.76. The first-order valence-corrected chi connectivity index (χ1v) is 11.2. The quantitative estimate of drug-likeness (QED) is 0.704. The molecule has 0 saturated carbocycles. The fourth-order valence-electron chi connectivity index (χ4n) is 3.38. The molecule has 0 N–H and O–H groups in total. The van der Waals surface area contributed by atoms with E-state index in [2.05, 4.69) is 0 Å². The summed E-state index contributed by atoms with van der Waals surface area (Å²) in [6.45, 7) is 3.26. The van der Waals surface area contributed by atoms with E-state index in [-0.39, 0.29) is 22.4 Å². The molecule has 0 bridgehead atoms. The number of esters is 1. The van der Waals surface area contributed by atoms with Gasteiger partial charge in [-0.3, -0.25) is 4.79 Å². The third-order valence-corrected chi connectivity index (χ3v) is 7.71. The van der Waals surface area contributed by atoms with Crippen molar-refractivity contribution < 1.29 is 27.1 Å². The van der Waals surface area contributed by atoms with Crippen molar-refractivity contribution in [3.05, 3.63) is 34.5 Å². The lowest BCUT2D eigenvalue weighted by atomic mass is 10.1. The fourth-order valence-corrected chi connectivity index (χ4v) is 6.23. The Bertz CT molecular complexity index is 999. The fraction of sp³-hybridized carbons (Fsp3) is 0.444. The number of thiophene rings is 1. The van der Waals surface area contributed by atoms with Gasteiger partial charge >= 0.3 is 5.97 Å². The van der Waals surface area contributed by atoms with Crippen LogP contribution in [-0.2, 0) is 19.4 Å². The van der Waals surface area contributed by atoms with Gasteiger partial charge in [0.1, 0.15) is 10.7 Å². The minimum absolute atomic E-state index is 0.0603. The Morgan fingerprint density at radius 2 is 2.11 bits per heavy atom. The predicted molar refractivity (Wildman–Crippen MR) is 101 cm³/mol. The van der Waals surface area contributed by atoms with Crippen LogP contribution in [-0.4, -0.2) is 55.9 Å². The number of amides is 1. The minimum Gasteiger partial charge on any atom is -0.451 e. The van der Waals surface area contributed by atoms with Gasteiger partial charge in [0.15, 0.2) is 16.4 Å². The number of sulfone groups is 1. The number of halogens is 1. The average Bonchev–Trinajstić information content (AvgIpc) is 3.14. The number of benzene rings is 1. The van der Waals surface area contributed by atoms with E-state index >= 15 is 0 Å². The summed E-state index contributed by atoms with van der Waals surface area (Å²) < 4.78 is 43.0. The number of aryl methyl sites for hydroxylation is 1. The van der Waals surface area contributed by atoms with E-state index in [9.17, 15) is 22.4 Å². The topological polar surface area (TPSA) is 80.8 Å². The van der Waals surface area contributed by atoms with Crippen molar-refractivity contribution in [2.75, 3.05) is 24.7 Å². The molecule has 6 nitrogen and oxygen atoms in total. The maximum atomic E-state index is 14.0. The molecular weight excluding hydrogens is 393 g/mol. The highest BCUT2D eigenvalue weighted by Gasteiger charge is 2.34. The van der Waals surface area contributed by atoms with Gasteiger partial charge in [0, 0.05) is 22.7 Å². The molecule has 1 atom stereocenters. The van der Waals surface area contributed by atoms with E-state index in [1.807, 2.05) is 0 Å². The number of hydrogen-bond acceptors (Lipinski definition) is 6. The lowest BCUT2D eigenvalue weighted by molar-refractivity contribution is -0.136. The summed E-state index contributed by atoms with van der Waals surface area (Å²) in [4.78, 5) is 26.5. The Balaban J connectivity index is 1.69.